The standard InChI is InChI=1S/C9H16B2O4Si/c1-16(2,3)9-5-7(10(12)13)4-8(6-9)11(14)15/h4-6,12-15H,1-3H3. The van der Waals surface area contributed by atoms with Crippen molar-refractivity contribution in [1.29, 1.82) is 0 Å². The summed E-state index contributed by atoms with van der Waals surface area (Å²) in [4.78, 5) is 0. The molecule has 0 aromatic heterocycles. The molecule has 1 rings (SSSR count). The number of hydrogen-bond donors (Lipinski definition) is 4. The molecule has 0 saturated heterocycles. The Morgan fingerprint density at radius 3 is 1.44 bits per heavy atom. The summed E-state index contributed by atoms with van der Waals surface area (Å²) in [7, 11) is -4.81. The molecule has 0 bridgehead atoms. The second-order valence-electron chi connectivity index (χ2n) is 4.89. The van der Waals surface area contributed by atoms with Crippen LogP contribution < -0.4 is 16.1 Å². The van der Waals surface area contributed by atoms with Crippen molar-refractivity contribution in [3.8, 4) is 0 Å². The molecule has 0 aliphatic carbocycles. The molecule has 4 N–H and O–H groups in total. The van der Waals surface area contributed by atoms with Crippen LogP contribution in [0.1, 0.15) is 0 Å². The molecule has 0 aliphatic heterocycles. The zero-order chi connectivity index (χ0) is 12.5. The van der Waals surface area contributed by atoms with Crippen LogP contribution in [0, 0.1) is 0 Å². The van der Waals surface area contributed by atoms with E-state index < -0.39 is 22.3 Å². The molecule has 0 fully saturated rings. The summed E-state index contributed by atoms with van der Waals surface area (Å²) in [6, 6.07) is 4.81. The maximum atomic E-state index is 9.13. The molecular weight excluding hydrogens is 222 g/mol. The molecule has 1 aromatic rings. The highest BCUT2D eigenvalue weighted by Gasteiger charge is 2.23. The number of benzene rings is 1. The lowest BCUT2D eigenvalue weighted by atomic mass is 9.73. The van der Waals surface area contributed by atoms with Gasteiger partial charge in [-0.2, -0.15) is 0 Å². The first-order chi connectivity index (χ1) is 7.21. The maximum Gasteiger partial charge on any atom is 0.488 e. The van der Waals surface area contributed by atoms with E-state index in [4.69, 9.17) is 20.1 Å². The average molecular weight is 238 g/mol. The van der Waals surface area contributed by atoms with Crippen molar-refractivity contribution in [2.75, 3.05) is 0 Å². The monoisotopic (exact) mass is 238 g/mol. The van der Waals surface area contributed by atoms with E-state index >= 15 is 0 Å². The van der Waals surface area contributed by atoms with Crippen molar-refractivity contribution >= 4 is 38.4 Å². The third-order valence-electron chi connectivity index (χ3n) is 2.44. The Hall–Kier alpha value is -0.593. The van der Waals surface area contributed by atoms with Gasteiger partial charge in [0.15, 0.2) is 0 Å². The maximum absolute atomic E-state index is 9.13. The molecule has 0 atom stereocenters. The lowest BCUT2D eigenvalue weighted by Gasteiger charge is -2.19. The molecule has 0 unspecified atom stereocenters. The number of rotatable bonds is 3. The van der Waals surface area contributed by atoms with Crippen molar-refractivity contribution < 1.29 is 20.1 Å². The van der Waals surface area contributed by atoms with Crippen LogP contribution in [0.4, 0.5) is 0 Å². The first kappa shape index (κ1) is 13.5. The minimum Gasteiger partial charge on any atom is -0.423 e. The van der Waals surface area contributed by atoms with E-state index in [1.54, 1.807) is 12.1 Å². The Morgan fingerprint density at radius 1 is 0.812 bits per heavy atom. The Labute approximate surface area is 96.9 Å². The van der Waals surface area contributed by atoms with Gasteiger partial charge in [0.25, 0.3) is 0 Å². The van der Waals surface area contributed by atoms with E-state index in [-0.39, 0.29) is 0 Å². The van der Waals surface area contributed by atoms with E-state index in [0.717, 1.165) is 5.19 Å². The predicted molar refractivity (Wildman–Crippen MR) is 69.1 cm³/mol. The zero-order valence-corrected chi connectivity index (χ0v) is 10.7. The van der Waals surface area contributed by atoms with Gasteiger partial charge in [0.1, 0.15) is 0 Å². The molecular formula is C9H16B2O4Si. The van der Waals surface area contributed by atoms with E-state index in [1.807, 2.05) is 0 Å². The minimum absolute atomic E-state index is 0.294. The Balaban J connectivity index is 3.30. The van der Waals surface area contributed by atoms with Gasteiger partial charge in [-0.1, -0.05) is 43.0 Å². The first-order valence-electron chi connectivity index (χ1n) is 5.09. The van der Waals surface area contributed by atoms with Gasteiger partial charge in [-0.25, -0.2) is 0 Å². The third-order valence-corrected chi connectivity index (χ3v) is 4.46. The highest BCUT2D eigenvalue weighted by atomic mass is 28.3. The van der Waals surface area contributed by atoms with Crippen LogP contribution in [-0.2, 0) is 0 Å². The summed E-state index contributed by atoms with van der Waals surface area (Å²) >= 11 is 0. The Kier molecular flexibility index (Phi) is 3.98. The van der Waals surface area contributed by atoms with Gasteiger partial charge < -0.3 is 20.1 Å². The van der Waals surface area contributed by atoms with Crippen LogP contribution in [-0.4, -0.2) is 42.4 Å². The van der Waals surface area contributed by atoms with E-state index in [2.05, 4.69) is 19.6 Å². The summed E-state index contributed by atoms with van der Waals surface area (Å²) in [6.07, 6.45) is 0. The van der Waals surface area contributed by atoms with Crippen molar-refractivity contribution in [1.82, 2.24) is 0 Å². The van der Waals surface area contributed by atoms with Gasteiger partial charge in [-0.15, -0.1) is 0 Å². The molecule has 4 nitrogen and oxygen atoms in total. The summed E-state index contributed by atoms with van der Waals surface area (Å²) in [6.45, 7) is 6.30. The van der Waals surface area contributed by atoms with Crippen LogP contribution >= 0.6 is 0 Å². The Morgan fingerprint density at radius 2 is 1.19 bits per heavy atom. The molecule has 7 heteroatoms. The highest BCUT2D eigenvalue weighted by molar-refractivity contribution is 6.89. The molecule has 0 spiro atoms. The Bertz CT molecular complexity index is 350. The fourth-order valence-corrected chi connectivity index (χ4v) is 2.61. The van der Waals surface area contributed by atoms with Crippen molar-refractivity contribution in [2.45, 2.75) is 19.6 Å². The van der Waals surface area contributed by atoms with Gasteiger partial charge in [-0.05, 0) is 10.9 Å². The van der Waals surface area contributed by atoms with E-state index in [0.29, 0.717) is 10.9 Å². The second-order valence-corrected chi connectivity index (χ2v) is 9.96. The SMILES string of the molecule is C[Si](C)(C)c1cc(B(O)O)cc(B(O)O)c1. The summed E-state index contributed by atoms with van der Waals surface area (Å²) in [5.41, 5.74) is 0.589. The average Bonchev–Trinajstić information content (AvgIpc) is 2.15. The highest BCUT2D eigenvalue weighted by Crippen LogP contribution is 2.00. The van der Waals surface area contributed by atoms with Gasteiger partial charge in [-0.3, -0.25) is 0 Å². The molecule has 0 radical (unpaired) electrons. The van der Waals surface area contributed by atoms with Gasteiger partial charge in [0, 0.05) is 0 Å². The van der Waals surface area contributed by atoms with Crippen LogP contribution in [0.2, 0.25) is 19.6 Å². The molecule has 0 heterocycles. The molecule has 0 saturated carbocycles. The zero-order valence-electron chi connectivity index (χ0n) is 9.68. The third kappa shape index (κ3) is 3.20. The topological polar surface area (TPSA) is 80.9 Å². The van der Waals surface area contributed by atoms with E-state index in [1.165, 1.54) is 6.07 Å². The van der Waals surface area contributed by atoms with Crippen molar-refractivity contribution in [2.24, 2.45) is 0 Å². The van der Waals surface area contributed by atoms with Gasteiger partial charge in [0.05, 0.1) is 8.07 Å². The largest absolute Gasteiger partial charge is 0.488 e. The minimum atomic E-state index is -1.63. The summed E-state index contributed by atoms with van der Waals surface area (Å²) in [5, 5.41) is 37.5. The van der Waals surface area contributed by atoms with Crippen LogP contribution in [0.15, 0.2) is 18.2 Å². The fraction of sp³-hybridized carbons (Fsp3) is 0.333. The first-order valence-corrected chi connectivity index (χ1v) is 8.59. The number of hydrogen-bond acceptors (Lipinski definition) is 4. The fourth-order valence-electron chi connectivity index (χ4n) is 1.41. The smallest absolute Gasteiger partial charge is 0.423 e. The lowest BCUT2D eigenvalue weighted by Crippen LogP contribution is -2.47. The molecule has 0 aliphatic rings. The van der Waals surface area contributed by atoms with Gasteiger partial charge >= 0.3 is 14.2 Å². The predicted octanol–water partition coefficient (Wildman–Crippen LogP) is -2.41. The molecule has 16 heavy (non-hydrogen) atoms. The summed E-state index contributed by atoms with van der Waals surface area (Å²) < 4.78 is 0. The van der Waals surface area contributed by atoms with Crippen LogP contribution in [0.5, 0.6) is 0 Å². The summed E-state index contributed by atoms with van der Waals surface area (Å²) in [5.74, 6) is 0. The molecule has 86 valence electrons. The lowest BCUT2D eigenvalue weighted by molar-refractivity contribution is 0.425. The second kappa shape index (κ2) is 4.73. The molecule has 1 aromatic carbocycles. The van der Waals surface area contributed by atoms with Crippen molar-refractivity contribution in [3.05, 3.63) is 18.2 Å². The van der Waals surface area contributed by atoms with Crippen LogP contribution in [0.25, 0.3) is 0 Å². The quantitative estimate of drug-likeness (QED) is 0.442. The van der Waals surface area contributed by atoms with Crippen LogP contribution in [0.3, 0.4) is 0 Å². The normalized spacial score (nSPS) is 11.4. The van der Waals surface area contributed by atoms with E-state index in [9.17, 15) is 0 Å². The van der Waals surface area contributed by atoms with Gasteiger partial charge in [0.2, 0.25) is 0 Å². The van der Waals surface area contributed by atoms with Crippen molar-refractivity contribution in [3.63, 3.8) is 0 Å². The molecule has 0 amide bonds.